The van der Waals surface area contributed by atoms with E-state index in [1.54, 1.807) is 25.0 Å². The van der Waals surface area contributed by atoms with Crippen LogP contribution in [0.4, 0.5) is 11.4 Å². The number of hydrogen-bond acceptors (Lipinski definition) is 6. The Bertz CT molecular complexity index is 1150. The van der Waals surface area contributed by atoms with Gasteiger partial charge < -0.3 is 14.5 Å². The molecule has 1 amide bonds. The number of sulfonamides is 1. The SMILES string of the molecule is CCC(=O)N1CCc2cc(Br)cc(S(=O)(=O)NCCCN3CCN(c4ccc(OC)cc4)CC3)c21. The summed E-state index contributed by atoms with van der Waals surface area (Å²) in [5, 5.41) is 0. The molecule has 0 aromatic heterocycles. The van der Waals surface area contributed by atoms with Gasteiger partial charge >= 0.3 is 0 Å². The first kappa shape index (κ1) is 25.9. The van der Waals surface area contributed by atoms with Crippen molar-refractivity contribution in [3.8, 4) is 5.75 Å². The normalized spacial score (nSPS) is 16.4. The minimum Gasteiger partial charge on any atom is -0.497 e. The van der Waals surface area contributed by atoms with Crippen LogP contribution >= 0.6 is 15.9 Å². The Hall–Kier alpha value is -2.14. The largest absolute Gasteiger partial charge is 0.497 e. The van der Waals surface area contributed by atoms with Gasteiger partial charge in [0.15, 0.2) is 0 Å². The average molecular weight is 566 g/mol. The van der Waals surface area contributed by atoms with Crippen molar-refractivity contribution < 1.29 is 17.9 Å². The topological polar surface area (TPSA) is 82.2 Å². The van der Waals surface area contributed by atoms with Crippen LogP contribution in [-0.4, -0.2) is 72.1 Å². The third kappa shape index (κ3) is 5.99. The van der Waals surface area contributed by atoms with Crippen LogP contribution in [0.1, 0.15) is 25.3 Å². The number of benzene rings is 2. The van der Waals surface area contributed by atoms with E-state index in [1.165, 1.54) is 5.69 Å². The monoisotopic (exact) mass is 564 g/mol. The number of fused-ring (bicyclic) bond motifs is 1. The zero-order valence-electron chi connectivity index (χ0n) is 20.3. The van der Waals surface area contributed by atoms with Gasteiger partial charge in [-0.1, -0.05) is 22.9 Å². The van der Waals surface area contributed by atoms with E-state index in [0.29, 0.717) is 36.1 Å². The zero-order chi connectivity index (χ0) is 25.0. The van der Waals surface area contributed by atoms with Crippen molar-refractivity contribution >= 4 is 43.2 Å². The number of piperazine rings is 1. The number of rotatable bonds is 9. The van der Waals surface area contributed by atoms with E-state index in [2.05, 4.69) is 42.6 Å². The van der Waals surface area contributed by atoms with Crippen molar-refractivity contribution in [2.24, 2.45) is 0 Å². The molecule has 10 heteroatoms. The lowest BCUT2D eigenvalue weighted by atomic mass is 10.2. The molecular formula is C25H33BrN4O4S. The molecule has 2 aromatic rings. The Morgan fingerprint density at radius 1 is 1.09 bits per heavy atom. The number of methoxy groups -OCH3 is 1. The van der Waals surface area contributed by atoms with Gasteiger partial charge in [-0.2, -0.15) is 0 Å². The lowest BCUT2D eigenvalue weighted by Gasteiger charge is -2.36. The first-order valence-corrected chi connectivity index (χ1v) is 14.3. The average Bonchev–Trinajstić information content (AvgIpc) is 3.29. The molecule has 0 unspecified atom stereocenters. The van der Waals surface area contributed by atoms with E-state index in [4.69, 9.17) is 4.74 Å². The summed E-state index contributed by atoms with van der Waals surface area (Å²) in [5.74, 6) is 0.795. The number of carbonyl (C=O) groups excluding carboxylic acids is 1. The number of ether oxygens (including phenoxy) is 1. The molecule has 0 saturated carbocycles. The summed E-state index contributed by atoms with van der Waals surface area (Å²) in [6, 6.07) is 11.6. The number of hydrogen-bond donors (Lipinski definition) is 1. The second kappa shape index (κ2) is 11.3. The summed E-state index contributed by atoms with van der Waals surface area (Å²) in [6.45, 7) is 7.23. The molecule has 2 heterocycles. The summed E-state index contributed by atoms with van der Waals surface area (Å²) in [5.41, 5.74) is 2.61. The summed E-state index contributed by atoms with van der Waals surface area (Å²) < 4.78 is 35.1. The van der Waals surface area contributed by atoms with Gasteiger partial charge in [-0.05, 0) is 61.3 Å². The molecule has 35 heavy (non-hydrogen) atoms. The first-order chi connectivity index (χ1) is 16.8. The van der Waals surface area contributed by atoms with Crippen LogP contribution in [-0.2, 0) is 21.2 Å². The second-order valence-electron chi connectivity index (χ2n) is 8.84. The molecule has 0 spiro atoms. The molecule has 0 atom stereocenters. The van der Waals surface area contributed by atoms with Gasteiger partial charge in [0.1, 0.15) is 10.6 Å². The number of nitrogens with zero attached hydrogens (tertiary/aromatic N) is 3. The minimum absolute atomic E-state index is 0.0590. The maximum absolute atomic E-state index is 13.2. The van der Waals surface area contributed by atoms with Crippen LogP contribution in [0.15, 0.2) is 45.8 Å². The lowest BCUT2D eigenvalue weighted by Crippen LogP contribution is -2.47. The number of carbonyl (C=O) groups is 1. The van der Waals surface area contributed by atoms with Crippen LogP contribution in [0.25, 0.3) is 0 Å². The van der Waals surface area contributed by atoms with E-state index >= 15 is 0 Å². The molecule has 190 valence electrons. The highest BCUT2D eigenvalue weighted by Gasteiger charge is 2.32. The van der Waals surface area contributed by atoms with E-state index in [1.807, 2.05) is 18.2 Å². The Balaban J connectivity index is 1.30. The fourth-order valence-electron chi connectivity index (χ4n) is 4.72. The second-order valence-corrected chi connectivity index (χ2v) is 11.5. The number of halogens is 1. The zero-order valence-corrected chi connectivity index (χ0v) is 22.7. The molecule has 0 radical (unpaired) electrons. The predicted molar refractivity (Wildman–Crippen MR) is 142 cm³/mol. The molecule has 1 saturated heterocycles. The highest BCUT2D eigenvalue weighted by molar-refractivity contribution is 9.10. The van der Waals surface area contributed by atoms with Crippen LogP contribution in [0, 0.1) is 0 Å². The molecule has 0 aliphatic carbocycles. The summed E-state index contributed by atoms with van der Waals surface area (Å²) >= 11 is 3.43. The van der Waals surface area contributed by atoms with Crippen molar-refractivity contribution in [3.63, 3.8) is 0 Å². The van der Waals surface area contributed by atoms with Crippen molar-refractivity contribution in [3.05, 3.63) is 46.4 Å². The van der Waals surface area contributed by atoms with Gasteiger partial charge in [0.05, 0.1) is 12.8 Å². The fourth-order valence-corrected chi connectivity index (χ4v) is 6.73. The molecular weight excluding hydrogens is 532 g/mol. The molecule has 1 N–H and O–H groups in total. The lowest BCUT2D eigenvalue weighted by molar-refractivity contribution is -0.118. The quantitative estimate of drug-likeness (QED) is 0.471. The maximum Gasteiger partial charge on any atom is 0.242 e. The summed E-state index contributed by atoms with van der Waals surface area (Å²) in [7, 11) is -2.08. The highest BCUT2D eigenvalue weighted by atomic mass is 79.9. The van der Waals surface area contributed by atoms with Crippen LogP contribution in [0.3, 0.4) is 0 Å². The van der Waals surface area contributed by atoms with E-state index in [-0.39, 0.29) is 10.8 Å². The maximum atomic E-state index is 13.2. The third-order valence-electron chi connectivity index (χ3n) is 6.64. The van der Waals surface area contributed by atoms with E-state index in [9.17, 15) is 13.2 Å². The van der Waals surface area contributed by atoms with Crippen molar-refractivity contribution in [1.82, 2.24) is 9.62 Å². The Morgan fingerprint density at radius 2 is 1.80 bits per heavy atom. The molecule has 1 fully saturated rings. The molecule has 4 rings (SSSR count). The molecule has 2 aliphatic heterocycles. The fraction of sp³-hybridized carbons (Fsp3) is 0.480. The predicted octanol–water partition coefficient (Wildman–Crippen LogP) is 3.25. The summed E-state index contributed by atoms with van der Waals surface area (Å²) in [4.78, 5) is 18.9. The Morgan fingerprint density at radius 3 is 2.46 bits per heavy atom. The standard InChI is InChI=1S/C25H33BrN4O4S/c1-3-24(31)30-12-9-19-17-20(26)18-23(25(19)30)35(32,33)27-10-4-11-28-13-15-29(16-14-28)21-5-7-22(34-2)8-6-21/h5-8,17-18,27H,3-4,9-16H2,1-2H3. The van der Waals surface area contributed by atoms with Gasteiger partial charge in [-0.3, -0.25) is 9.69 Å². The highest BCUT2D eigenvalue weighted by Crippen LogP contribution is 2.37. The van der Waals surface area contributed by atoms with Crippen LogP contribution in [0.5, 0.6) is 5.75 Å². The smallest absolute Gasteiger partial charge is 0.242 e. The van der Waals surface area contributed by atoms with E-state index in [0.717, 1.165) is 50.5 Å². The van der Waals surface area contributed by atoms with Crippen LogP contribution < -0.4 is 19.3 Å². The van der Waals surface area contributed by atoms with Crippen molar-refractivity contribution in [1.29, 1.82) is 0 Å². The summed E-state index contributed by atoms with van der Waals surface area (Å²) in [6.07, 6.45) is 1.72. The van der Waals surface area contributed by atoms with Gasteiger partial charge in [0, 0.05) is 55.8 Å². The Kier molecular flexibility index (Phi) is 8.36. The van der Waals surface area contributed by atoms with E-state index < -0.39 is 10.0 Å². The third-order valence-corrected chi connectivity index (χ3v) is 8.57. The van der Waals surface area contributed by atoms with Gasteiger partial charge in [0.25, 0.3) is 0 Å². The van der Waals surface area contributed by atoms with Gasteiger partial charge in [-0.25, -0.2) is 13.1 Å². The van der Waals surface area contributed by atoms with Crippen molar-refractivity contribution in [2.75, 3.05) is 62.7 Å². The van der Waals surface area contributed by atoms with Crippen LogP contribution in [0.2, 0.25) is 0 Å². The van der Waals surface area contributed by atoms with Gasteiger partial charge in [0.2, 0.25) is 15.9 Å². The molecule has 2 aromatic carbocycles. The van der Waals surface area contributed by atoms with Crippen molar-refractivity contribution in [2.45, 2.75) is 31.1 Å². The van der Waals surface area contributed by atoms with Gasteiger partial charge in [-0.15, -0.1) is 0 Å². The molecule has 0 bridgehead atoms. The number of amides is 1. The number of nitrogens with one attached hydrogen (secondary N) is 1. The molecule has 8 nitrogen and oxygen atoms in total. The Labute approximate surface area is 216 Å². The molecule has 2 aliphatic rings. The first-order valence-electron chi connectivity index (χ1n) is 12.1. The number of anilines is 2. The minimum atomic E-state index is -3.75.